The normalized spacial score (nSPS) is 12.4. The van der Waals surface area contributed by atoms with Gasteiger partial charge in [-0.3, -0.25) is 0 Å². The Labute approximate surface area is 120 Å². The van der Waals surface area contributed by atoms with Crippen LogP contribution >= 0.6 is 15.9 Å². The Hall–Kier alpha value is -1.40. The van der Waals surface area contributed by atoms with E-state index in [1.54, 1.807) is 0 Å². The average Bonchev–Trinajstić information content (AvgIpc) is 2.73. The van der Waals surface area contributed by atoms with E-state index in [1.807, 2.05) is 32.0 Å². The summed E-state index contributed by atoms with van der Waals surface area (Å²) in [6.45, 7) is 4.14. The second kappa shape index (κ2) is 6.16. The molecule has 0 aliphatic heterocycles. The topological polar surface area (TPSA) is 74.2 Å². The Morgan fingerprint density at radius 3 is 2.84 bits per heavy atom. The van der Waals surface area contributed by atoms with E-state index < -0.39 is 0 Å². The van der Waals surface area contributed by atoms with Crippen LogP contribution in [-0.2, 0) is 13.0 Å². The van der Waals surface area contributed by atoms with Gasteiger partial charge in [0.1, 0.15) is 23.7 Å². The molecule has 0 radical (unpaired) electrons. The van der Waals surface area contributed by atoms with Gasteiger partial charge < -0.3 is 10.5 Å². The Kier molecular flexibility index (Phi) is 4.55. The van der Waals surface area contributed by atoms with Gasteiger partial charge in [0, 0.05) is 10.5 Å². The maximum atomic E-state index is 5.85. The van der Waals surface area contributed by atoms with E-state index in [2.05, 4.69) is 30.9 Å². The molecule has 5 nitrogen and oxygen atoms in total. The van der Waals surface area contributed by atoms with E-state index in [0.717, 1.165) is 27.9 Å². The molecule has 1 atom stereocenters. The van der Waals surface area contributed by atoms with Crippen molar-refractivity contribution in [3.8, 4) is 5.75 Å². The van der Waals surface area contributed by atoms with Crippen molar-refractivity contribution in [3.05, 3.63) is 39.6 Å². The third-order valence-electron chi connectivity index (χ3n) is 2.68. The highest BCUT2D eigenvalue weighted by atomic mass is 79.9. The molecular weight excluding hydrogens is 310 g/mol. The van der Waals surface area contributed by atoms with E-state index >= 15 is 0 Å². The van der Waals surface area contributed by atoms with Gasteiger partial charge in [0.25, 0.3) is 0 Å². The van der Waals surface area contributed by atoms with Gasteiger partial charge in [0.15, 0.2) is 0 Å². The predicted molar refractivity (Wildman–Crippen MR) is 74.9 cm³/mol. The van der Waals surface area contributed by atoms with E-state index in [9.17, 15) is 0 Å². The van der Waals surface area contributed by atoms with Crippen LogP contribution in [-0.4, -0.2) is 16.4 Å². The third-order valence-corrected chi connectivity index (χ3v) is 3.17. The lowest BCUT2D eigenvalue weighted by Gasteiger charge is -2.13. The standard InChI is InChI=1S/C13H16BrN3O2/c1-8(15)5-10-6-11(14)3-4-13(10)18-7-12-9(2)16-19-17-12/h3-4,6,8H,5,7,15H2,1-2H3. The fourth-order valence-corrected chi connectivity index (χ4v) is 2.13. The van der Waals surface area contributed by atoms with Crippen molar-refractivity contribution in [1.29, 1.82) is 0 Å². The van der Waals surface area contributed by atoms with Crippen molar-refractivity contribution in [2.75, 3.05) is 0 Å². The summed E-state index contributed by atoms with van der Waals surface area (Å²) in [7, 11) is 0. The van der Waals surface area contributed by atoms with Gasteiger partial charge in [-0.15, -0.1) is 0 Å². The Morgan fingerprint density at radius 2 is 2.21 bits per heavy atom. The molecule has 19 heavy (non-hydrogen) atoms. The minimum absolute atomic E-state index is 0.0760. The van der Waals surface area contributed by atoms with Gasteiger partial charge in [-0.1, -0.05) is 26.2 Å². The molecule has 1 unspecified atom stereocenters. The highest BCUT2D eigenvalue weighted by Crippen LogP contribution is 2.25. The maximum Gasteiger partial charge on any atom is 0.145 e. The number of hydrogen-bond donors (Lipinski definition) is 1. The van der Waals surface area contributed by atoms with Crippen molar-refractivity contribution in [1.82, 2.24) is 10.3 Å². The molecule has 102 valence electrons. The smallest absolute Gasteiger partial charge is 0.145 e. The quantitative estimate of drug-likeness (QED) is 0.914. The fourth-order valence-electron chi connectivity index (χ4n) is 1.72. The number of nitrogens with two attached hydrogens (primary N) is 1. The molecule has 2 aromatic rings. The molecule has 0 bridgehead atoms. The van der Waals surface area contributed by atoms with Gasteiger partial charge in [-0.05, 0) is 44.0 Å². The summed E-state index contributed by atoms with van der Waals surface area (Å²) in [5, 5.41) is 7.51. The number of nitrogens with zero attached hydrogens (tertiary/aromatic N) is 2. The predicted octanol–water partition coefficient (Wildman–Crippen LogP) is 2.61. The maximum absolute atomic E-state index is 5.85. The van der Waals surface area contributed by atoms with E-state index in [1.165, 1.54) is 0 Å². The molecule has 0 saturated carbocycles. The zero-order valence-corrected chi connectivity index (χ0v) is 12.5. The van der Waals surface area contributed by atoms with Gasteiger partial charge in [-0.2, -0.15) is 0 Å². The minimum atomic E-state index is 0.0760. The number of benzene rings is 1. The van der Waals surface area contributed by atoms with Crippen LogP contribution in [0.5, 0.6) is 5.75 Å². The van der Waals surface area contributed by atoms with E-state index in [4.69, 9.17) is 10.5 Å². The largest absolute Gasteiger partial charge is 0.487 e. The van der Waals surface area contributed by atoms with Crippen LogP contribution in [0.1, 0.15) is 23.9 Å². The van der Waals surface area contributed by atoms with E-state index in [0.29, 0.717) is 12.3 Å². The number of hydrogen-bond acceptors (Lipinski definition) is 5. The van der Waals surface area contributed by atoms with Crippen molar-refractivity contribution in [2.45, 2.75) is 32.9 Å². The summed E-state index contributed by atoms with van der Waals surface area (Å²) in [6.07, 6.45) is 0.755. The van der Waals surface area contributed by atoms with Crippen LogP contribution < -0.4 is 10.5 Å². The van der Waals surface area contributed by atoms with Crippen molar-refractivity contribution in [3.63, 3.8) is 0 Å². The summed E-state index contributed by atoms with van der Waals surface area (Å²) in [4.78, 5) is 0. The zero-order valence-electron chi connectivity index (χ0n) is 10.9. The van der Waals surface area contributed by atoms with Gasteiger partial charge in [0.05, 0.1) is 0 Å². The van der Waals surface area contributed by atoms with Gasteiger partial charge >= 0.3 is 0 Å². The van der Waals surface area contributed by atoms with Crippen molar-refractivity contribution in [2.24, 2.45) is 5.73 Å². The molecule has 1 heterocycles. The number of halogens is 1. The molecule has 6 heteroatoms. The first-order valence-electron chi connectivity index (χ1n) is 6.01. The fraction of sp³-hybridized carbons (Fsp3) is 0.385. The monoisotopic (exact) mass is 325 g/mol. The lowest BCUT2D eigenvalue weighted by atomic mass is 10.1. The molecule has 0 amide bonds. The lowest BCUT2D eigenvalue weighted by Crippen LogP contribution is -2.18. The molecule has 1 aromatic heterocycles. The minimum Gasteiger partial charge on any atom is -0.487 e. The van der Waals surface area contributed by atoms with Crippen molar-refractivity contribution < 1.29 is 9.37 Å². The number of aromatic nitrogens is 2. The Morgan fingerprint density at radius 1 is 1.42 bits per heavy atom. The summed E-state index contributed by atoms with van der Waals surface area (Å²) in [5.41, 5.74) is 8.36. The van der Waals surface area contributed by atoms with Gasteiger partial charge in [0.2, 0.25) is 0 Å². The highest BCUT2D eigenvalue weighted by molar-refractivity contribution is 9.10. The lowest BCUT2D eigenvalue weighted by molar-refractivity contribution is 0.268. The molecule has 0 spiro atoms. The molecular formula is C13H16BrN3O2. The van der Waals surface area contributed by atoms with Gasteiger partial charge in [-0.25, -0.2) is 4.63 Å². The second-order valence-electron chi connectivity index (χ2n) is 4.52. The van der Waals surface area contributed by atoms with Crippen LogP contribution in [0.4, 0.5) is 0 Å². The second-order valence-corrected chi connectivity index (χ2v) is 5.43. The molecule has 2 rings (SSSR count). The third kappa shape index (κ3) is 3.78. The number of rotatable bonds is 5. The molecule has 0 aliphatic carbocycles. The SMILES string of the molecule is Cc1nonc1COc1ccc(Br)cc1CC(C)N. The van der Waals surface area contributed by atoms with E-state index in [-0.39, 0.29) is 6.04 Å². The zero-order chi connectivity index (χ0) is 13.8. The van der Waals surface area contributed by atoms with Crippen molar-refractivity contribution >= 4 is 15.9 Å². The molecule has 0 aliphatic rings. The molecule has 2 N–H and O–H groups in total. The first-order chi connectivity index (χ1) is 9.06. The van der Waals surface area contributed by atoms with Crippen LogP contribution in [0.25, 0.3) is 0 Å². The summed E-state index contributed by atoms with van der Waals surface area (Å²) in [6, 6.07) is 5.96. The van der Waals surface area contributed by atoms with Crippen LogP contribution in [0.15, 0.2) is 27.3 Å². The molecule has 0 saturated heterocycles. The van der Waals surface area contributed by atoms with Crippen LogP contribution in [0.2, 0.25) is 0 Å². The number of ether oxygens (including phenoxy) is 1. The summed E-state index contributed by atoms with van der Waals surface area (Å²) < 4.78 is 11.4. The first kappa shape index (κ1) is 14.0. The molecule has 0 fully saturated rings. The van der Waals surface area contributed by atoms with Crippen LogP contribution in [0, 0.1) is 6.92 Å². The number of aryl methyl sites for hydroxylation is 1. The Balaban J connectivity index is 2.13. The highest BCUT2D eigenvalue weighted by Gasteiger charge is 2.10. The average molecular weight is 326 g/mol. The molecule has 1 aromatic carbocycles. The Bertz CT molecular complexity index is 555. The van der Waals surface area contributed by atoms with Crippen LogP contribution in [0.3, 0.4) is 0 Å². The first-order valence-corrected chi connectivity index (χ1v) is 6.80. The summed E-state index contributed by atoms with van der Waals surface area (Å²) >= 11 is 3.45. The summed E-state index contributed by atoms with van der Waals surface area (Å²) in [5.74, 6) is 0.808.